The van der Waals surface area contributed by atoms with E-state index in [0.29, 0.717) is 23.5 Å². The van der Waals surface area contributed by atoms with Gasteiger partial charge in [0.2, 0.25) is 0 Å². The lowest BCUT2D eigenvalue weighted by Gasteiger charge is -2.24. The van der Waals surface area contributed by atoms with Crippen LogP contribution in [0.1, 0.15) is 16.0 Å². The molecule has 0 unspecified atom stereocenters. The van der Waals surface area contributed by atoms with E-state index < -0.39 is 46.5 Å². The smallest absolute Gasteiger partial charge is 0.204 e. The van der Waals surface area contributed by atoms with Crippen LogP contribution < -0.4 is 0 Å². The second-order valence-corrected chi connectivity index (χ2v) is 7.32. The number of rotatable bonds is 2. The molecule has 0 fully saturated rings. The highest BCUT2D eigenvalue weighted by Crippen LogP contribution is 2.63. The van der Waals surface area contributed by atoms with E-state index in [-0.39, 0.29) is 15.3 Å². The Bertz CT molecular complexity index is 947. The van der Waals surface area contributed by atoms with Crippen molar-refractivity contribution < 1.29 is 43.9 Å². The van der Waals surface area contributed by atoms with Gasteiger partial charge >= 0.3 is 23.9 Å². The number of thiophene rings is 1. The largest absolute Gasteiger partial charge is 0.416 e. The summed E-state index contributed by atoms with van der Waals surface area (Å²) in [6.45, 7) is 1.12. The monoisotopic (exact) mass is 434 g/mol. The molecule has 0 N–H and O–H groups in total. The van der Waals surface area contributed by atoms with Crippen molar-refractivity contribution in [2.75, 3.05) is 0 Å². The molecule has 152 valence electrons. The van der Waals surface area contributed by atoms with Crippen molar-refractivity contribution in [1.29, 1.82) is 0 Å². The van der Waals surface area contributed by atoms with Crippen molar-refractivity contribution in [3.05, 3.63) is 52.2 Å². The zero-order chi connectivity index (χ0) is 21.3. The molecule has 2 aromatic rings. The van der Waals surface area contributed by atoms with Crippen LogP contribution in [0.25, 0.3) is 16.0 Å². The van der Waals surface area contributed by atoms with E-state index in [1.165, 1.54) is 0 Å². The fourth-order valence-electron chi connectivity index (χ4n) is 2.77. The third-order valence-electron chi connectivity index (χ3n) is 4.28. The average Bonchev–Trinajstić information content (AvgIpc) is 2.98. The highest BCUT2D eigenvalue weighted by atomic mass is 32.1. The normalized spacial score (nSPS) is 20.7. The molecule has 0 saturated carbocycles. The molecule has 0 nitrogen and oxygen atoms in total. The van der Waals surface area contributed by atoms with Crippen LogP contribution in [0.5, 0.6) is 0 Å². The van der Waals surface area contributed by atoms with Crippen LogP contribution in [0, 0.1) is 6.92 Å². The van der Waals surface area contributed by atoms with E-state index in [2.05, 4.69) is 0 Å². The Morgan fingerprint density at radius 3 is 1.82 bits per heavy atom. The van der Waals surface area contributed by atoms with Gasteiger partial charge in [0, 0.05) is 15.3 Å². The Labute approximate surface area is 155 Å². The number of alkyl halides is 9. The minimum absolute atomic E-state index is 0.0239. The van der Waals surface area contributed by atoms with E-state index in [0.717, 1.165) is 25.1 Å². The first-order valence-corrected chi connectivity index (χ1v) is 8.26. The summed E-state index contributed by atoms with van der Waals surface area (Å²) in [5.74, 6) is -20.0. The topological polar surface area (TPSA) is 0 Å². The first kappa shape index (κ1) is 20.7. The maximum Gasteiger partial charge on any atom is 0.416 e. The lowest BCUT2D eigenvalue weighted by atomic mass is 10.0. The summed E-state index contributed by atoms with van der Waals surface area (Å²) in [6.07, 6.45) is -4.62. The van der Waals surface area contributed by atoms with E-state index in [4.69, 9.17) is 0 Å². The molecular formula is C17H8F10S. The molecular weight excluding hydrogens is 426 g/mol. The van der Waals surface area contributed by atoms with Gasteiger partial charge in [-0.3, -0.25) is 0 Å². The molecule has 1 heterocycles. The third-order valence-corrected chi connectivity index (χ3v) is 5.38. The molecule has 0 saturated heterocycles. The summed E-state index contributed by atoms with van der Waals surface area (Å²) >= 11 is 0.666. The molecule has 0 bridgehead atoms. The molecule has 1 aromatic carbocycles. The predicted molar refractivity (Wildman–Crippen MR) is 82.4 cm³/mol. The summed E-state index contributed by atoms with van der Waals surface area (Å²) in [7, 11) is 0. The summed E-state index contributed by atoms with van der Waals surface area (Å²) in [5, 5.41) is 0. The molecule has 28 heavy (non-hydrogen) atoms. The number of hydrogen-bond donors (Lipinski definition) is 0. The molecule has 0 aliphatic heterocycles. The van der Waals surface area contributed by atoms with Crippen molar-refractivity contribution in [3.63, 3.8) is 0 Å². The molecule has 0 atom stereocenters. The first-order valence-electron chi connectivity index (χ1n) is 7.45. The maximum absolute atomic E-state index is 13.9. The zero-order valence-corrected chi connectivity index (χ0v) is 14.4. The van der Waals surface area contributed by atoms with Crippen LogP contribution in [-0.2, 0) is 6.18 Å². The number of allylic oxidation sites excluding steroid dienone is 2. The van der Waals surface area contributed by atoms with Crippen LogP contribution in [-0.4, -0.2) is 17.8 Å². The molecule has 0 spiro atoms. The minimum atomic E-state index is -5.96. The van der Waals surface area contributed by atoms with Crippen LogP contribution in [0.15, 0.2) is 36.2 Å². The van der Waals surface area contributed by atoms with Gasteiger partial charge < -0.3 is 0 Å². The van der Waals surface area contributed by atoms with Gasteiger partial charge in [0.05, 0.1) is 11.1 Å². The predicted octanol–water partition coefficient (Wildman–Crippen LogP) is 7.34. The van der Waals surface area contributed by atoms with E-state index in [1.807, 2.05) is 0 Å². The fraction of sp³-hybridized carbons (Fsp3) is 0.294. The van der Waals surface area contributed by atoms with Crippen molar-refractivity contribution in [2.24, 2.45) is 0 Å². The first-order chi connectivity index (χ1) is 12.6. The highest BCUT2D eigenvalue weighted by molar-refractivity contribution is 7.15. The van der Waals surface area contributed by atoms with Gasteiger partial charge in [-0.25, -0.2) is 4.39 Å². The fourth-order valence-corrected chi connectivity index (χ4v) is 3.80. The van der Waals surface area contributed by atoms with Gasteiger partial charge in [-0.1, -0.05) is 12.1 Å². The van der Waals surface area contributed by atoms with Gasteiger partial charge in [-0.05, 0) is 30.7 Å². The van der Waals surface area contributed by atoms with Crippen LogP contribution in [0.3, 0.4) is 0 Å². The number of halogens is 10. The van der Waals surface area contributed by atoms with Crippen LogP contribution in [0.2, 0.25) is 0 Å². The third kappa shape index (κ3) is 2.73. The molecule has 0 amide bonds. The van der Waals surface area contributed by atoms with Crippen LogP contribution in [0.4, 0.5) is 43.9 Å². The van der Waals surface area contributed by atoms with Gasteiger partial charge in [0.1, 0.15) is 0 Å². The van der Waals surface area contributed by atoms with E-state index >= 15 is 0 Å². The molecule has 1 aliphatic rings. The Morgan fingerprint density at radius 2 is 1.39 bits per heavy atom. The van der Waals surface area contributed by atoms with E-state index in [1.54, 1.807) is 0 Å². The Balaban J connectivity index is 2.10. The van der Waals surface area contributed by atoms with Crippen LogP contribution >= 0.6 is 11.3 Å². The molecule has 0 radical (unpaired) electrons. The van der Waals surface area contributed by atoms with Gasteiger partial charge in [0.15, 0.2) is 5.83 Å². The van der Waals surface area contributed by atoms with Gasteiger partial charge in [-0.2, -0.15) is 39.5 Å². The van der Waals surface area contributed by atoms with Crippen molar-refractivity contribution >= 4 is 16.9 Å². The Kier molecular flexibility index (Phi) is 4.42. The van der Waals surface area contributed by atoms with Crippen molar-refractivity contribution in [3.8, 4) is 10.4 Å². The van der Waals surface area contributed by atoms with Gasteiger partial charge in [0.25, 0.3) is 0 Å². The quantitative estimate of drug-likeness (QED) is 0.434. The summed E-state index contributed by atoms with van der Waals surface area (Å²) < 4.78 is 133. The maximum atomic E-state index is 13.9. The standard InChI is InChI=1S/C17H8F10S/c1-7-10(12-13(18)15(21,22)17(26,27)14(12,19)20)6-11(28-7)8-2-4-9(5-3-8)16(23,24)25/h2-6H,1H3. The summed E-state index contributed by atoms with van der Waals surface area (Å²) in [5.41, 5.74) is -3.86. The van der Waals surface area contributed by atoms with Gasteiger partial charge in [-0.15, -0.1) is 11.3 Å². The lowest BCUT2D eigenvalue weighted by Crippen LogP contribution is -2.48. The molecule has 1 aliphatic carbocycles. The van der Waals surface area contributed by atoms with Crippen molar-refractivity contribution in [1.82, 2.24) is 0 Å². The number of benzene rings is 1. The zero-order valence-electron chi connectivity index (χ0n) is 13.6. The summed E-state index contributed by atoms with van der Waals surface area (Å²) in [6, 6.07) is 4.19. The molecule has 11 heteroatoms. The lowest BCUT2D eigenvalue weighted by molar-refractivity contribution is -0.263. The minimum Gasteiger partial charge on any atom is -0.204 e. The molecule has 3 rings (SSSR count). The molecule has 1 aromatic heterocycles. The SMILES string of the molecule is Cc1sc(-c2ccc(C(F)(F)F)cc2)cc1C1=C(F)C(F)(F)C(F)(F)C1(F)F. The number of hydrogen-bond acceptors (Lipinski definition) is 1. The number of aryl methyl sites for hydroxylation is 1. The Morgan fingerprint density at radius 1 is 0.857 bits per heavy atom. The second-order valence-electron chi connectivity index (χ2n) is 6.07. The van der Waals surface area contributed by atoms with E-state index in [9.17, 15) is 43.9 Å². The Hall–Kier alpha value is -2.04. The van der Waals surface area contributed by atoms with Crippen molar-refractivity contribution in [2.45, 2.75) is 30.9 Å². The second kappa shape index (κ2) is 5.98. The highest BCUT2D eigenvalue weighted by Gasteiger charge is 2.81. The summed E-state index contributed by atoms with van der Waals surface area (Å²) in [4.78, 5) is -0.149. The average molecular weight is 434 g/mol.